The molecule has 1 aromatic rings. The molecular weight excluding hydrogens is 339 g/mol. The first-order valence-electron chi connectivity index (χ1n) is 9.33. The largest absolute Gasteiger partial charge is 0.465 e. The number of methoxy groups -OCH3 is 1. The van der Waals surface area contributed by atoms with Crippen LogP contribution in [0.3, 0.4) is 0 Å². The summed E-state index contributed by atoms with van der Waals surface area (Å²) < 4.78 is 18.9. The summed E-state index contributed by atoms with van der Waals surface area (Å²) in [5.41, 5.74) is 0. The summed E-state index contributed by atoms with van der Waals surface area (Å²) in [6.45, 7) is 1.49. The van der Waals surface area contributed by atoms with Crippen molar-refractivity contribution in [3.05, 3.63) is 18.2 Å². The molecule has 3 fully saturated rings. The highest BCUT2D eigenvalue weighted by molar-refractivity contribution is 5.66. The molecule has 0 spiro atoms. The molecule has 3 aliphatic rings. The van der Waals surface area contributed by atoms with Gasteiger partial charge in [-0.15, -0.1) is 0 Å². The third kappa shape index (κ3) is 3.11. The number of anilines is 1. The number of fused-ring (bicyclic) bond motifs is 2. The maximum absolute atomic E-state index is 13.1. The SMILES string of the molecule is CO[C@@H]1CN(c2ncc(F)cn2)CC[C@@H]1[C@@H]1C[C@H]2CC[C@@H](C1)N2C(=O)O. The molecule has 142 valence electrons. The van der Waals surface area contributed by atoms with E-state index in [9.17, 15) is 14.3 Å². The molecule has 26 heavy (non-hydrogen) atoms. The lowest BCUT2D eigenvalue weighted by molar-refractivity contribution is -0.0111. The van der Waals surface area contributed by atoms with Crippen LogP contribution in [0.4, 0.5) is 15.1 Å². The Morgan fingerprint density at radius 3 is 2.46 bits per heavy atom. The summed E-state index contributed by atoms with van der Waals surface area (Å²) in [7, 11) is 1.73. The van der Waals surface area contributed by atoms with E-state index in [0.29, 0.717) is 24.3 Å². The second-order valence-corrected chi connectivity index (χ2v) is 7.68. The van der Waals surface area contributed by atoms with Gasteiger partial charge in [0, 0.05) is 32.3 Å². The predicted octanol–water partition coefficient (Wildman–Crippen LogP) is 2.38. The molecule has 4 heterocycles. The van der Waals surface area contributed by atoms with Gasteiger partial charge in [0.2, 0.25) is 5.95 Å². The highest BCUT2D eigenvalue weighted by atomic mass is 19.1. The molecule has 7 nitrogen and oxygen atoms in total. The Labute approximate surface area is 152 Å². The van der Waals surface area contributed by atoms with Crippen LogP contribution in [0.5, 0.6) is 0 Å². The molecule has 0 saturated carbocycles. The van der Waals surface area contributed by atoms with Crippen LogP contribution in [-0.2, 0) is 4.74 Å². The van der Waals surface area contributed by atoms with Crippen LogP contribution in [0.2, 0.25) is 0 Å². The number of amides is 1. The fraction of sp³-hybridized carbons (Fsp3) is 0.722. The Balaban J connectivity index is 1.44. The number of hydrogen-bond acceptors (Lipinski definition) is 5. The number of piperidine rings is 2. The van der Waals surface area contributed by atoms with Crippen LogP contribution in [0, 0.1) is 17.7 Å². The molecule has 4 rings (SSSR count). The number of carboxylic acid groups (broad SMARTS) is 1. The van der Waals surface area contributed by atoms with Gasteiger partial charge in [-0.05, 0) is 43.9 Å². The molecule has 1 aromatic heterocycles. The summed E-state index contributed by atoms with van der Waals surface area (Å²) in [4.78, 5) is 23.4. The molecule has 2 bridgehead atoms. The lowest BCUT2D eigenvalue weighted by Gasteiger charge is -2.45. The summed E-state index contributed by atoms with van der Waals surface area (Å²) >= 11 is 0. The predicted molar refractivity (Wildman–Crippen MR) is 92.5 cm³/mol. The first kappa shape index (κ1) is 17.5. The molecule has 0 unspecified atom stereocenters. The Bertz CT molecular complexity index is 644. The van der Waals surface area contributed by atoms with Crippen molar-refractivity contribution in [2.24, 2.45) is 11.8 Å². The third-order valence-corrected chi connectivity index (χ3v) is 6.40. The van der Waals surface area contributed by atoms with Crippen LogP contribution >= 0.6 is 0 Å². The molecule has 3 aliphatic heterocycles. The van der Waals surface area contributed by atoms with Crippen LogP contribution in [0.25, 0.3) is 0 Å². The number of nitrogens with zero attached hydrogens (tertiary/aromatic N) is 4. The molecular formula is C18H25FN4O3. The minimum Gasteiger partial charge on any atom is -0.465 e. The third-order valence-electron chi connectivity index (χ3n) is 6.40. The Kier molecular flexibility index (Phi) is 4.69. The van der Waals surface area contributed by atoms with Gasteiger partial charge in [-0.1, -0.05) is 0 Å². The summed E-state index contributed by atoms with van der Waals surface area (Å²) in [6.07, 6.45) is 6.43. The normalized spacial score (nSPS) is 34.2. The van der Waals surface area contributed by atoms with Gasteiger partial charge in [0.15, 0.2) is 5.82 Å². The van der Waals surface area contributed by atoms with Crippen LogP contribution < -0.4 is 4.90 Å². The van der Waals surface area contributed by atoms with Gasteiger partial charge < -0.3 is 19.6 Å². The minimum absolute atomic E-state index is 0.0539. The zero-order valence-corrected chi connectivity index (χ0v) is 14.9. The van der Waals surface area contributed by atoms with E-state index in [4.69, 9.17) is 4.74 Å². The van der Waals surface area contributed by atoms with E-state index in [1.54, 1.807) is 12.0 Å². The van der Waals surface area contributed by atoms with Crippen molar-refractivity contribution in [1.29, 1.82) is 0 Å². The van der Waals surface area contributed by atoms with E-state index in [0.717, 1.165) is 38.6 Å². The molecule has 0 aliphatic carbocycles. The maximum Gasteiger partial charge on any atom is 0.407 e. The highest BCUT2D eigenvalue weighted by Gasteiger charge is 2.47. The van der Waals surface area contributed by atoms with Gasteiger partial charge in [-0.25, -0.2) is 19.2 Å². The van der Waals surface area contributed by atoms with Gasteiger partial charge in [0.05, 0.1) is 18.5 Å². The molecule has 1 N–H and O–H groups in total. The summed E-state index contributed by atoms with van der Waals surface area (Å²) in [5, 5.41) is 9.45. The van der Waals surface area contributed by atoms with Crippen molar-refractivity contribution in [2.45, 2.75) is 50.3 Å². The average molecular weight is 364 g/mol. The van der Waals surface area contributed by atoms with Gasteiger partial charge in [0.25, 0.3) is 0 Å². The highest BCUT2D eigenvalue weighted by Crippen LogP contribution is 2.44. The van der Waals surface area contributed by atoms with Gasteiger partial charge in [0.1, 0.15) is 0 Å². The van der Waals surface area contributed by atoms with Crippen molar-refractivity contribution in [1.82, 2.24) is 14.9 Å². The number of aromatic nitrogens is 2. The molecule has 1 amide bonds. The van der Waals surface area contributed by atoms with Crippen LogP contribution in [0.15, 0.2) is 12.4 Å². The van der Waals surface area contributed by atoms with E-state index < -0.39 is 11.9 Å². The second-order valence-electron chi connectivity index (χ2n) is 7.68. The molecule has 0 aromatic carbocycles. The van der Waals surface area contributed by atoms with Gasteiger partial charge in [-0.2, -0.15) is 0 Å². The Morgan fingerprint density at radius 2 is 1.88 bits per heavy atom. The monoisotopic (exact) mass is 364 g/mol. The van der Waals surface area contributed by atoms with E-state index in [2.05, 4.69) is 9.97 Å². The molecule has 0 radical (unpaired) electrons. The van der Waals surface area contributed by atoms with Gasteiger partial charge in [-0.3, -0.25) is 0 Å². The first-order chi connectivity index (χ1) is 12.6. The fourth-order valence-corrected chi connectivity index (χ4v) is 5.25. The summed E-state index contributed by atoms with van der Waals surface area (Å²) in [5.74, 6) is 1.00. The second kappa shape index (κ2) is 6.98. The Morgan fingerprint density at radius 1 is 1.23 bits per heavy atom. The van der Waals surface area contributed by atoms with E-state index >= 15 is 0 Å². The maximum atomic E-state index is 13.1. The Hall–Kier alpha value is -1.96. The number of halogens is 1. The lowest BCUT2D eigenvalue weighted by Crippen LogP contribution is -2.52. The fourth-order valence-electron chi connectivity index (χ4n) is 5.25. The standard InChI is InChI=1S/C18H25FN4O3/c1-26-16-10-22(17-20-8-12(19)9-21-17)5-4-15(16)11-6-13-2-3-14(7-11)23(13)18(24)25/h8-9,11,13-16H,2-7,10H2,1H3,(H,24,25)/t11-,13-,14+,15-,16-/m1/s1. The number of ether oxygens (including phenoxy) is 1. The minimum atomic E-state index is -0.775. The number of carbonyl (C=O) groups is 1. The van der Waals surface area contributed by atoms with E-state index in [1.165, 1.54) is 12.4 Å². The number of rotatable bonds is 3. The van der Waals surface area contributed by atoms with Crippen LogP contribution in [-0.4, -0.2) is 64.5 Å². The van der Waals surface area contributed by atoms with Crippen molar-refractivity contribution >= 4 is 12.0 Å². The average Bonchev–Trinajstić information content (AvgIpc) is 2.92. The summed E-state index contributed by atoms with van der Waals surface area (Å²) in [6, 6.07) is 0.319. The first-order valence-corrected chi connectivity index (χ1v) is 9.33. The lowest BCUT2D eigenvalue weighted by atomic mass is 9.75. The zero-order chi connectivity index (χ0) is 18.3. The molecule has 8 heteroatoms. The topological polar surface area (TPSA) is 78.8 Å². The molecule has 3 saturated heterocycles. The number of hydrogen-bond donors (Lipinski definition) is 1. The van der Waals surface area contributed by atoms with Crippen molar-refractivity contribution < 1.29 is 19.0 Å². The van der Waals surface area contributed by atoms with E-state index in [1.807, 2.05) is 4.90 Å². The van der Waals surface area contributed by atoms with Crippen molar-refractivity contribution in [3.8, 4) is 0 Å². The smallest absolute Gasteiger partial charge is 0.407 e. The quantitative estimate of drug-likeness (QED) is 0.887. The van der Waals surface area contributed by atoms with Crippen LogP contribution in [0.1, 0.15) is 32.1 Å². The van der Waals surface area contributed by atoms with Crippen molar-refractivity contribution in [3.63, 3.8) is 0 Å². The van der Waals surface area contributed by atoms with Gasteiger partial charge >= 0.3 is 6.09 Å². The van der Waals surface area contributed by atoms with E-state index in [-0.39, 0.29) is 18.2 Å². The van der Waals surface area contributed by atoms with Crippen molar-refractivity contribution in [2.75, 3.05) is 25.1 Å². The molecule has 5 atom stereocenters. The zero-order valence-electron chi connectivity index (χ0n) is 14.9.